The van der Waals surface area contributed by atoms with Gasteiger partial charge < -0.3 is 0 Å². The molecule has 0 aromatic carbocycles. The van der Waals surface area contributed by atoms with E-state index in [1.807, 2.05) is 6.08 Å². The first-order valence-electron chi connectivity index (χ1n) is 3.47. The molecule has 0 aromatic rings. The average Bonchev–Trinajstić information content (AvgIpc) is 1.88. The fraction of sp³-hybridized carbons (Fsp3) is 0.556. The smallest absolute Gasteiger partial charge is 0.103 e. The Morgan fingerprint density at radius 1 is 1.27 bits per heavy atom. The Hall–Kier alpha value is 0.0600. The van der Waals surface area contributed by atoms with Crippen LogP contribution in [0.1, 0.15) is 20.8 Å². The molecule has 0 amide bonds. The van der Waals surface area contributed by atoms with Gasteiger partial charge in [0.25, 0.3) is 0 Å². The summed E-state index contributed by atoms with van der Waals surface area (Å²) in [6, 6.07) is 0. The van der Waals surface area contributed by atoms with Crippen LogP contribution < -0.4 is 0 Å². The molecule has 0 rings (SSSR count). The van der Waals surface area contributed by atoms with E-state index in [-0.39, 0.29) is 0 Å². The van der Waals surface area contributed by atoms with Crippen molar-refractivity contribution in [2.75, 3.05) is 0 Å². The van der Waals surface area contributed by atoms with Crippen molar-refractivity contribution in [3.63, 3.8) is 0 Å². The highest BCUT2D eigenvalue weighted by atomic mass is 35.5. The summed E-state index contributed by atoms with van der Waals surface area (Å²) < 4.78 is -0.750. The molecule has 0 saturated heterocycles. The predicted molar refractivity (Wildman–Crippen MR) is 55.3 cm³/mol. The molecule has 66 valence electrons. The zero-order valence-corrected chi connectivity index (χ0v) is 8.91. The van der Waals surface area contributed by atoms with Crippen molar-refractivity contribution >= 4 is 23.2 Å². The van der Waals surface area contributed by atoms with Crippen molar-refractivity contribution in [1.82, 2.24) is 0 Å². The second-order valence-corrected chi connectivity index (χ2v) is 4.40. The highest BCUT2D eigenvalue weighted by Gasteiger charge is 2.07. The molecule has 0 aliphatic rings. The van der Waals surface area contributed by atoms with Crippen LogP contribution in [0.4, 0.5) is 0 Å². The summed E-state index contributed by atoms with van der Waals surface area (Å²) in [7, 11) is 0. The minimum Gasteiger partial charge on any atom is -0.103 e. The molecule has 11 heavy (non-hydrogen) atoms. The predicted octanol–water partition coefficient (Wildman–Crippen LogP) is 4.19. The maximum absolute atomic E-state index is 5.36. The molecule has 0 aliphatic carbocycles. The van der Waals surface area contributed by atoms with Crippen LogP contribution in [0.3, 0.4) is 0 Å². The summed E-state index contributed by atoms with van der Waals surface area (Å²) in [5.74, 6) is 0.648. The van der Waals surface area contributed by atoms with Gasteiger partial charge in [-0.3, -0.25) is 0 Å². The lowest BCUT2D eigenvalue weighted by atomic mass is 10.2. The van der Waals surface area contributed by atoms with E-state index in [2.05, 4.69) is 27.0 Å². The van der Waals surface area contributed by atoms with Gasteiger partial charge >= 0.3 is 0 Å². The van der Waals surface area contributed by atoms with Gasteiger partial charge in [0, 0.05) is 0 Å². The van der Waals surface area contributed by atoms with E-state index in [1.54, 1.807) is 6.92 Å². The number of rotatable bonds is 2. The largest absolute Gasteiger partial charge is 0.133 e. The Balaban J connectivity index is 0. The summed E-state index contributed by atoms with van der Waals surface area (Å²) in [5.41, 5.74) is 0. The van der Waals surface area contributed by atoms with Gasteiger partial charge in [0.05, 0.1) is 0 Å². The fourth-order valence-corrected chi connectivity index (χ4v) is 0. The van der Waals surface area contributed by atoms with E-state index >= 15 is 0 Å². The standard InChI is InChI=1S/C5H10.C4H6Cl2/c1-4-5(2)3;1-3-4(2,5)6/h4-5H,1H2,2-3H3;3H,1H2,2H3. The molecule has 0 N–H and O–H groups in total. The lowest BCUT2D eigenvalue weighted by Gasteiger charge is -2.01. The van der Waals surface area contributed by atoms with Crippen LogP contribution in [0.15, 0.2) is 25.3 Å². The van der Waals surface area contributed by atoms with Gasteiger partial charge in [-0.1, -0.05) is 49.2 Å². The van der Waals surface area contributed by atoms with Crippen LogP contribution >= 0.6 is 23.2 Å². The van der Waals surface area contributed by atoms with Crippen molar-refractivity contribution < 1.29 is 0 Å². The van der Waals surface area contributed by atoms with Crippen LogP contribution in [-0.2, 0) is 0 Å². The molecule has 0 heterocycles. The molecular weight excluding hydrogens is 179 g/mol. The molecule has 2 heteroatoms. The number of allylic oxidation sites excluding steroid dienone is 2. The lowest BCUT2D eigenvalue weighted by Crippen LogP contribution is -1.96. The summed E-state index contributed by atoms with van der Waals surface area (Å²) in [6.07, 6.45) is 3.39. The molecule has 0 nitrogen and oxygen atoms in total. The maximum Gasteiger partial charge on any atom is 0.133 e. The van der Waals surface area contributed by atoms with Gasteiger partial charge in [0.1, 0.15) is 4.33 Å². The molecule has 0 spiro atoms. The number of hydrogen-bond acceptors (Lipinski definition) is 0. The molecule has 0 atom stereocenters. The minimum atomic E-state index is -0.750. The van der Waals surface area contributed by atoms with Crippen LogP contribution in [-0.4, -0.2) is 4.33 Å². The van der Waals surface area contributed by atoms with E-state index in [4.69, 9.17) is 23.2 Å². The second-order valence-electron chi connectivity index (χ2n) is 2.64. The summed E-state index contributed by atoms with van der Waals surface area (Å²) >= 11 is 10.7. The van der Waals surface area contributed by atoms with Crippen LogP contribution in [0.25, 0.3) is 0 Å². The van der Waals surface area contributed by atoms with Gasteiger partial charge in [0.2, 0.25) is 0 Å². The molecule has 0 radical (unpaired) electrons. The van der Waals surface area contributed by atoms with Crippen molar-refractivity contribution in [1.29, 1.82) is 0 Å². The Morgan fingerprint density at radius 3 is 1.45 bits per heavy atom. The quantitative estimate of drug-likeness (QED) is 0.457. The zero-order valence-electron chi connectivity index (χ0n) is 7.40. The van der Waals surface area contributed by atoms with Gasteiger partial charge in [-0.15, -0.1) is 13.2 Å². The third-order valence-corrected chi connectivity index (χ3v) is 1.14. The van der Waals surface area contributed by atoms with E-state index in [1.165, 1.54) is 6.08 Å². The first kappa shape index (κ1) is 13.6. The Bertz CT molecular complexity index is 109. The van der Waals surface area contributed by atoms with Crippen LogP contribution in [0.5, 0.6) is 0 Å². The Kier molecular flexibility index (Phi) is 8.37. The summed E-state index contributed by atoms with van der Waals surface area (Å²) in [5, 5.41) is 0. The number of halogens is 2. The third kappa shape index (κ3) is 25.5. The van der Waals surface area contributed by atoms with E-state index in [9.17, 15) is 0 Å². The van der Waals surface area contributed by atoms with Crippen molar-refractivity contribution in [2.24, 2.45) is 5.92 Å². The normalized spacial score (nSPS) is 10.0. The zero-order chi connectivity index (χ0) is 9.49. The number of alkyl halides is 2. The summed E-state index contributed by atoms with van der Waals surface area (Å²) in [6.45, 7) is 12.8. The van der Waals surface area contributed by atoms with Crippen LogP contribution in [0.2, 0.25) is 0 Å². The van der Waals surface area contributed by atoms with Gasteiger partial charge in [-0.2, -0.15) is 0 Å². The third-order valence-electron chi connectivity index (χ3n) is 0.830. The topological polar surface area (TPSA) is 0 Å². The Labute approximate surface area is 79.9 Å². The van der Waals surface area contributed by atoms with Crippen molar-refractivity contribution in [3.8, 4) is 0 Å². The first-order valence-corrected chi connectivity index (χ1v) is 4.23. The molecule has 0 fully saturated rings. The van der Waals surface area contributed by atoms with Crippen molar-refractivity contribution in [3.05, 3.63) is 25.3 Å². The monoisotopic (exact) mass is 194 g/mol. The highest BCUT2D eigenvalue weighted by Crippen LogP contribution is 2.19. The first-order chi connectivity index (χ1) is 4.83. The van der Waals surface area contributed by atoms with Crippen molar-refractivity contribution in [2.45, 2.75) is 25.1 Å². The summed E-state index contributed by atoms with van der Waals surface area (Å²) in [4.78, 5) is 0. The minimum absolute atomic E-state index is 0.648. The van der Waals surface area contributed by atoms with Gasteiger partial charge in [0.15, 0.2) is 0 Å². The maximum atomic E-state index is 5.36. The molecule has 0 bridgehead atoms. The second kappa shape index (κ2) is 6.75. The molecule has 0 aromatic heterocycles. The molecule has 0 aliphatic heterocycles. The van der Waals surface area contributed by atoms with Gasteiger partial charge in [-0.25, -0.2) is 0 Å². The number of hydrogen-bond donors (Lipinski definition) is 0. The Morgan fingerprint density at radius 2 is 1.45 bits per heavy atom. The van der Waals surface area contributed by atoms with E-state index < -0.39 is 4.33 Å². The average molecular weight is 195 g/mol. The SMILES string of the molecule is C=CC(C)(Cl)Cl.C=CC(C)C. The fourth-order valence-electron chi connectivity index (χ4n) is 0. The van der Waals surface area contributed by atoms with E-state index in [0.29, 0.717) is 5.92 Å². The molecule has 0 unspecified atom stereocenters. The molecular formula is C9H16Cl2. The van der Waals surface area contributed by atoms with E-state index in [0.717, 1.165) is 0 Å². The van der Waals surface area contributed by atoms with Crippen LogP contribution in [0, 0.1) is 5.92 Å². The lowest BCUT2D eigenvalue weighted by molar-refractivity contribution is 0.835. The van der Waals surface area contributed by atoms with Gasteiger partial charge in [-0.05, 0) is 12.8 Å². The highest BCUT2D eigenvalue weighted by molar-refractivity contribution is 6.49. The molecule has 0 saturated carbocycles.